The number of carbonyl (C=O) groups excluding carboxylic acids is 1. The van der Waals surface area contributed by atoms with Crippen molar-refractivity contribution in [1.82, 2.24) is 0 Å². The van der Waals surface area contributed by atoms with Gasteiger partial charge in [0.15, 0.2) is 0 Å². The van der Waals surface area contributed by atoms with E-state index in [9.17, 15) is 4.79 Å². The van der Waals surface area contributed by atoms with E-state index in [0.29, 0.717) is 0 Å². The molecule has 0 aliphatic heterocycles. The normalized spacial score (nSPS) is 10.0. The second kappa shape index (κ2) is 6.38. The van der Waals surface area contributed by atoms with Gasteiger partial charge in [0, 0.05) is 29.3 Å². The summed E-state index contributed by atoms with van der Waals surface area (Å²) in [5, 5.41) is 6.08. The van der Waals surface area contributed by atoms with E-state index in [1.165, 1.54) is 12.5 Å². The van der Waals surface area contributed by atoms with Crippen molar-refractivity contribution in [1.29, 1.82) is 0 Å². The Bertz CT molecular complexity index is 567. The standard InChI is InChI=1S/C15H15BrN2O/c1-11(19)18-14-8-6-13(7-9-14)17-10-12-4-2-3-5-15(12)16/h2-9,17H,10H2,1H3,(H,18,19). The summed E-state index contributed by atoms with van der Waals surface area (Å²) in [6, 6.07) is 15.8. The Morgan fingerprint density at radius 2 is 1.68 bits per heavy atom. The van der Waals surface area contributed by atoms with Crippen LogP contribution in [0.25, 0.3) is 0 Å². The highest BCUT2D eigenvalue weighted by molar-refractivity contribution is 9.10. The SMILES string of the molecule is CC(=O)Nc1ccc(NCc2ccccc2Br)cc1. The minimum absolute atomic E-state index is 0.0612. The Morgan fingerprint density at radius 1 is 1.05 bits per heavy atom. The summed E-state index contributed by atoms with van der Waals surface area (Å²) >= 11 is 3.52. The van der Waals surface area contributed by atoms with Gasteiger partial charge in [0.2, 0.25) is 5.91 Å². The molecule has 0 spiro atoms. The molecule has 2 rings (SSSR count). The van der Waals surface area contributed by atoms with Crippen molar-refractivity contribution in [2.45, 2.75) is 13.5 Å². The summed E-state index contributed by atoms with van der Waals surface area (Å²) in [6.07, 6.45) is 0. The molecule has 98 valence electrons. The zero-order chi connectivity index (χ0) is 13.7. The highest BCUT2D eigenvalue weighted by Gasteiger charge is 1.99. The second-order valence-electron chi connectivity index (χ2n) is 4.20. The van der Waals surface area contributed by atoms with Gasteiger partial charge in [-0.05, 0) is 35.9 Å². The largest absolute Gasteiger partial charge is 0.381 e. The molecule has 0 unspecified atom stereocenters. The van der Waals surface area contributed by atoms with Gasteiger partial charge < -0.3 is 10.6 Å². The third kappa shape index (κ3) is 4.10. The van der Waals surface area contributed by atoms with Crippen LogP contribution >= 0.6 is 15.9 Å². The predicted octanol–water partition coefficient (Wildman–Crippen LogP) is 4.02. The van der Waals surface area contributed by atoms with E-state index in [0.717, 1.165) is 22.4 Å². The quantitative estimate of drug-likeness (QED) is 0.894. The van der Waals surface area contributed by atoms with E-state index in [-0.39, 0.29) is 5.91 Å². The summed E-state index contributed by atoms with van der Waals surface area (Å²) in [5.41, 5.74) is 3.03. The lowest BCUT2D eigenvalue weighted by Gasteiger charge is -2.09. The van der Waals surface area contributed by atoms with Crippen molar-refractivity contribution in [3.05, 3.63) is 58.6 Å². The first kappa shape index (κ1) is 13.6. The molecule has 0 aromatic heterocycles. The maximum absolute atomic E-state index is 10.9. The number of hydrogen-bond acceptors (Lipinski definition) is 2. The molecule has 0 heterocycles. The van der Waals surface area contributed by atoms with Crippen LogP contribution in [-0.4, -0.2) is 5.91 Å². The minimum Gasteiger partial charge on any atom is -0.381 e. The zero-order valence-electron chi connectivity index (χ0n) is 10.6. The van der Waals surface area contributed by atoms with Gasteiger partial charge in [0.05, 0.1) is 0 Å². The van der Waals surface area contributed by atoms with E-state index in [2.05, 4.69) is 32.6 Å². The number of halogens is 1. The van der Waals surface area contributed by atoms with Crippen LogP contribution in [0.4, 0.5) is 11.4 Å². The maximum Gasteiger partial charge on any atom is 0.221 e. The molecule has 0 aliphatic rings. The van der Waals surface area contributed by atoms with Gasteiger partial charge in [-0.25, -0.2) is 0 Å². The van der Waals surface area contributed by atoms with Gasteiger partial charge in [-0.15, -0.1) is 0 Å². The molecular weight excluding hydrogens is 304 g/mol. The average molecular weight is 319 g/mol. The van der Waals surface area contributed by atoms with Crippen molar-refractivity contribution in [2.24, 2.45) is 0 Å². The molecule has 4 heteroatoms. The summed E-state index contributed by atoms with van der Waals surface area (Å²) in [4.78, 5) is 10.9. The molecule has 3 nitrogen and oxygen atoms in total. The van der Waals surface area contributed by atoms with Crippen molar-refractivity contribution in [3.63, 3.8) is 0 Å². The van der Waals surface area contributed by atoms with Crippen molar-refractivity contribution in [2.75, 3.05) is 10.6 Å². The number of benzene rings is 2. The van der Waals surface area contributed by atoms with Crippen LogP contribution < -0.4 is 10.6 Å². The smallest absolute Gasteiger partial charge is 0.221 e. The molecule has 0 saturated heterocycles. The zero-order valence-corrected chi connectivity index (χ0v) is 12.2. The van der Waals surface area contributed by atoms with Gasteiger partial charge in [0.1, 0.15) is 0 Å². The predicted molar refractivity (Wildman–Crippen MR) is 82.2 cm³/mol. The van der Waals surface area contributed by atoms with E-state index in [1.54, 1.807) is 0 Å². The molecule has 2 aromatic carbocycles. The van der Waals surface area contributed by atoms with Crippen LogP contribution in [0.5, 0.6) is 0 Å². The van der Waals surface area contributed by atoms with E-state index in [4.69, 9.17) is 0 Å². The lowest BCUT2D eigenvalue weighted by molar-refractivity contribution is -0.114. The lowest BCUT2D eigenvalue weighted by atomic mass is 10.2. The Morgan fingerprint density at radius 3 is 2.32 bits per heavy atom. The topological polar surface area (TPSA) is 41.1 Å². The van der Waals surface area contributed by atoms with Crippen LogP contribution in [0.15, 0.2) is 53.0 Å². The number of nitrogens with one attached hydrogen (secondary N) is 2. The number of amides is 1. The molecule has 19 heavy (non-hydrogen) atoms. The second-order valence-corrected chi connectivity index (χ2v) is 5.06. The fourth-order valence-electron chi connectivity index (χ4n) is 1.71. The molecule has 0 radical (unpaired) electrons. The van der Waals surface area contributed by atoms with Crippen LogP contribution in [0, 0.1) is 0 Å². The van der Waals surface area contributed by atoms with Crippen LogP contribution in [0.2, 0.25) is 0 Å². The average Bonchev–Trinajstić information content (AvgIpc) is 2.39. The first-order valence-electron chi connectivity index (χ1n) is 6.00. The van der Waals surface area contributed by atoms with Crippen LogP contribution in [0.1, 0.15) is 12.5 Å². The Balaban J connectivity index is 1.97. The van der Waals surface area contributed by atoms with Gasteiger partial charge in [-0.1, -0.05) is 34.1 Å². The first-order valence-corrected chi connectivity index (χ1v) is 6.79. The minimum atomic E-state index is -0.0612. The van der Waals surface area contributed by atoms with Crippen molar-refractivity contribution in [3.8, 4) is 0 Å². The molecular formula is C15H15BrN2O. The van der Waals surface area contributed by atoms with Crippen LogP contribution in [-0.2, 0) is 11.3 Å². The Labute approximate surface area is 121 Å². The third-order valence-electron chi connectivity index (χ3n) is 2.65. The van der Waals surface area contributed by atoms with E-state index in [1.807, 2.05) is 42.5 Å². The number of anilines is 2. The Hall–Kier alpha value is -1.81. The van der Waals surface area contributed by atoms with Gasteiger partial charge in [-0.2, -0.15) is 0 Å². The number of carbonyl (C=O) groups is 1. The number of rotatable bonds is 4. The van der Waals surface area contributed by atoms with E-state index >= 15 is 0 Å². The fraction of sp³-hybridized carbons (Fsp3) is 0.133. The molecule has 2 N–H and O–H groups in total. The fourth-order valence-corrected chi connectivity index (χ4v) is 2.14. The Kier molecular flexibility index (Phi) is 4.58. The van der Waals surface area contributed by atoms with Crippen molar-refractivity contribution >= 4 is 33.2 Å². The highest BCUT2D eigenvalue weighted by atomic mass is 79.9. The molecule has 2 aromatic rings. The van der Waals surface area contributed by atoms with Gasteiger partial charge >= 0.3 is 0 Å². The molecule has 1 amide bonds. The summed E-state index contributed by atoms with van der Waals surface area (Å²) < 4.78 is 1.09. The molecule has 0 bridgehead atoms. The van der Waals surface area contributed by atoms with Gasteiger partial charge in [0.25, 0.3) is 0 Å². The van der Waals surface area contributed by atoms with E-state index < -0.39 is 0 Å². The summed E-state index contributed by atoms with van der Waals surface area (Å²) in [5.74, 6) is -0.0612. The lowest BCUT2D eigenvalue weighted by Crippen LogP contribution is -2.05. The summed E-state index contributed by atoms with van der Waals surface area (Å²) in [7, 11) is 0. The maximum atomic E-state index is 10.9. The third-order valence-corrected chi connectivity index (χ3v) is 3.42. The molecule has 0 saturated carbocycles. The monoisotopic (exact) mass is 318 g/mol. The van der Waals surface area contributed by atoms with Crippen LogP contribution in [0.3, 0.4) is 0 Å². The molecule has 0 fully saturated rings. The van der Waals surface area contributed by atoms with Gasteiger partial charge in [-0.3, -0.25) is 4.79 Å². The molecule has 0 atom stereocenters. The highest BCUT2D eigenvalue weighted by Crippen LogP contribution is 2.18. The summed E-state index contributed by atoms with van der Waals surface area (Å²) in [6.45, 7) is 2.25. The molecule has 0 aliphatic carbocycles. The number of hydrogen-bond donors (Lipinski definition) is 2. The van der Waals surface area contributed by atoms with Crippen molar-refractivity contribution < 1.29 is 4.79 Å². The first-order chi connectivity index (χ1) is 9.15.